The van der Waals surface area contributed by atoms with Crippen molar-refractivity contribution >= 4 is 11.9 Å². The van der Waals surface area contributed by atoms with E-state index in [2.05, 4.69) is 21.6 Å². The molecule has 0 atom stereocenters. The van der Waals surface area contributed by atoms with Crippen molar-refractivity contribution in [1.82, 2.24) is 10.2 Å². The van der Waals surface area contributed by atoms with Crippen LogP contribution >= 0.6 is 0 Å². The molecule has 0 fully saturated rings. The van der Waals surface area contributed by atoms with Crippen LogP contribution in [0.1, 0.15) is 21.5 Å². The van der Waals surface area contributed by atoms with E-state index < -0.39 is 0 Å². The zero-order valence-corrected chi connectivity index (χ0v) is 12.3. The van der Waals surface area contributed by atoms with E-state index in [4.69, 9.17) is 4.42 Å². The minimum Gasteiger partial charge on any atom is -0.403 e. The first-order valence-electron chi connectivity index (χ1n) is 6.90. The van der Waals surface area contributed by atoms with Gasteiger partial charge < -0.3 is 4.42 Å². The third-order valence-corrected chi connectivity index (χ3v) is 3.15. The summed E-state index contributed by atoms with van der Waals surface area (Å²) in [5.74, 6) is 0.103. The average Bonchev–Trinajstić information content (AvgIpc) is 2.96. The van der Waals surface area contributed by atoms with E-state index in [1.165, 1.54) is 0 Å². The van der Waals surface area contributed by atoms with E-state index in [0.29, 0.717) is 11.5 Å². The molecule has 1 heterocycles. The topological polar surface area (TPSA) is 68.0 Å². The SMILES string of the molecule is Cc1cc(C)cc(-c2nnc(NC(=O)c3ccccc3)o2)c1. The third kappa shape index (κ3) is 3.03. The molecule has 2 aromatic carbocycles. The zero-order chi connectivity index (χ0) is 15.5. The van der Waals surface area contributed by atoms with E-state index in [-0.39, 0.29) is 11.9 Å². The molecule has 1 amide bonds. The molecule has 0 bridgehead atoms. The molecule has 0 unspecified atom stereocenters. The molecule has 0 spiro atoms. The highest BCUT2D eigenvalue weighted by Crippen LogP contribution is 2.22. The van der Waals surface area contributed by atoms with Crippen LogP contribution in [0.3, 0.4) is 0 Å². The fourth-order valence-corrected chi connectivity index (χ4v) is 2.25. The van der Waals surface area contributed by atoms with Crippen molar-refractivity contribution in [2.24, 2.45) is 0 Å². The number of hydrogen-bond acceptors (Lipinski definition) is 4. The molecular formula is C17H15N3O2. The molecule has 3 rings (SSSR count). The molecule has 1 N–H and O–H groups in total. The van der Waals surface area contributed by atoms with Gasteiger partial charge in [0.2, 0.25) is 5.89 Å². The van der Waals surface area contributed by atoms with Gasteiger partial charge in [0.25, 0.3) is 5.91 Å². The van der Waals surface area contributed by atoms with Crippen molar-refractivity contribution < 1.29 is 9.21 Å². The van der Waals surface area contributed by atoms with Crippen LogP contribution in [0.15, 0.2) is 52.9 Å². The standard InChI is InChI=1S/C17H15N3O2/c1-11-8-12(2)10-14(9-11)16-19-20-17(22-16)18-15(21)13-6-4-3-5-7-13/h3-10H,1-2H3,(H,18,20,21). The summed E-state index contributed by atoms with van der Waals surface area (Å²) in [5.41, 5.74) is 3.60. The summed E-state index contributed by atoms with van der Waals surface area (Å²) in [5, 5.41) is 10.5. The van der Waals surface area contributed by atoms with Crippen molar-refractivity contribution in [3.8, 4) is 11.5 Å². The second kappa shape index (κ2) is 5.81. The maximum absolute atomic E-state index is 12.0. The molecule has 0 aliphatic carbocycles. The molecule has 22 heavy (non-hydrogen) atoms. The Morgan fingerprint density at radius 1 is 1.00 bits per heavy atom. The molecule has 0 aliphatic heterocycles. The highest BCUT2D eigenvalue weighted by atomic mass is 16.4. The van der Waals surface area contributed by atoms with Gasteiger partial charge in [-0.2, -0.15) is 0 Å². The van der Waals surface area contributed by atoms with Gasteiger partial charge in [0.05, 0.1) is 0 Å². The molecule has 1 aromatic heterocycles. The number of aryl methyl sites for hydroxylation is 2. The summed E-state index contributed by atoms with van der Waals surface area (Å²) < 4.78 is 5.52. The lowest BCUT2D eigenvalue weighted by molar-refractivity contribution is 0.102. The fourth-order valence-electron chi connectivity index (χ4n) is 2.25. The number of nitrogens with one attached hydrogen (secondary N) is 1. The van der Waals surface area contributed by atoms with Crippen molar-refractivity contribution in [2.45, 2.75) is 13.8 Å². The number of benzene rings is 2. The second-order valence-corrected chi connectivity index (χ2v) is 5.11. The molecule has 0 radical (unpaired) electrons. The largest absolute Gasteiger partial charge is 0.403 e. The number of nitrogens with zero attached hydrogens (tertiary/aromatic N) is 2. The Kier molecular flexibility index (Phi) is 3.70. The first-order valence-corrected chi connectivity index (χ1v) is 6.90. The summed E-state index contributed by atoms with van der Waals surface area (Å²) >= 11 is 0. The van der Waals surface area contributed by atoms with Crippen molar-refractivity contribution in [2.75, 3.05) is 5.32 Å². The Morgan fingerprint density at radius 3 is 2.36 bits per heavy atom. The van der Waals surface area contributed by atoms with Gasteiger partial charge in [0.15, 0.2) is 0 Å². The Morgan fingerprint density at radius 2 is 1.68 bits per heavy atom. The van der Waals surface area contributed by atoms with Gasteiger partial charge in [0, 0.05) is 11.1 Å². The predicted octanol–water partition coefficient (Wildman–Crippen LogP) is 3.61. The second-order valence-electron chi connectivity index (χ2n) is 5.11. The maximum Gasteiger partial charge on any atom is 0.322 e. The minimum atomic E-state index is -0.281. The summed E-state index contributed by atoms with van der Waals surface area (Å²) in [7, 11) is 0. The quantitative estimate of drug-likeness (QED) is 0.801. The number of aromatic nitrogens is 2. The van der Waals surface area contributed by atoms with E-state index in [0.717, 1.165) is 16.7 Å². The minimum absolute atomic E-state index is 0.0861. The van der Waals surface area contributed by atoms with Gasteiger partial charge in [-0.25, -0.2) is 0 Å². The van der Waals surface area contributed by atoms with Crippen LogP contribution in [0.5, 0.6) is 0 Å². The lowest BCUT2D eigenvalue weighted by Gasteiger charge is -2.01. The van der Waals surface area contributed by atoms with Gasteiger partial charge in [-0.05, 0) is 38.1 Å². The average molecular weight is 293 g/mol. The van der Waals surface area contributed by atoms with Gasteiger partial charge in [-0.3, -0.25) is 10.1 Å². The third-order valence-electron chi connectivity index (χ3n) is 3.15. The van der Waals surface area contributed by atoms with E-state index in [9.17, 15) is 4.79 Å². The molecule has 0 saturated heterocycles. The molecule has 110 valence electrons. The Labute approximate surface area is 128 Å². The van der Waals surface area contributed by atoms with Gasteiger partial charge >= 0.3 is 6.01 Å². The number of carbonyl (C=O) groups is 1. The van der Waals surface area contributed by atoms with Crippen molar-refractivity contribution in [3.63, 3.8) is 0 Å². The van der Waals surface area contributed by atoms with Crippen molar-refractivity contribution in [3.05, 3.63) is 65.2 Å². The maximum atomic E-state index is 12.0. The number of anilines is 1. The summed E-state index contributed by atoms with van der Waals surface area (Å²) in [6.45, 7) is 4.01. The van der Waals surface area contributed by atoms with E-state index in [1.807, 2.05) is 32.0 Å². The molecule has 0 aliphatic rings. The highest BCUT2D eigenvalue weighted by molar-refractivity contribution is 6.03. The smallest absolute Gasteiger partial charge is 0.322 e. The molecule has 3 aromatic rings. The number of amides is 1. The number of hydrogen-bond donors (Lipinski definition) is 1. The fraction of sp³-hybridized carbons (Fsp3) is 0.118. The number of rotatable bonds is 3. The normalized spacial score (nSPS) is 10.5. The van der Waals surface area contributed by atoms with Gasteiger partial charge in [-0.1, -0.05) is 40.5 Å². The highest BCUT2D eigenvalue weighted by Gasteiger charge is 2.12. The summed E-state index contributed by atoms with van der Waals surface area (Å²) in [4.78, 5) is 12.0. The molecule has 5 heteroatoms. The lowest BCUT2D eigenvalue weighted by atomic mass is 10.1. The summed E-state index contributed by atoms with van der Waals surface area (Å²) in [6.07, 6.45) is 0. The van der Waals surface area contributed by atoms with Crippen LogP contribution in [0.2, 0.25) is 0 Å². The van der Waals surface area contributed by atoms with Gasteiger partial charge in [0.1, 0.15) is 0 Å². The molecular weight excluding hydrogens is 278 g/mol. The van der Waals surface area contributed by atoms with Crippen molar-refractivity contribution in [1.29, 1.82) is 0 Å². The Balaban J connectivity index is 1.81. The molecule has 0 saturated carbocycles. The van der Waals surface area contributed by atoms with Crippen LogP contribution in [0, 0.1) is 13.8 Å². The summed E-state index contributed by atoms with van der Waals surface area (Å²) in [6, 6.07) is 15.0. The van der Waals surface area contributed by atoms with Crippen LogP contribution in [-0.4, -0.2) is 16.1 Å². The van der Waals surface area contributed by atoms with Crippen LogP contribution < -0.4 is 5.32 Å². The van der Waals surface area contributed by atoms with Gasteiger partial charge in [-0.15, -0.1) is 5.10 Å². The first kappa shape index (κ1) is 14.0. The predicted molar refractivity (Wildman–Crippen MR) is 83.6 cm³/mol. The van der Waals surface area contributed by atoms with Crippen LogP contribution in [-0.2, 0) is 0 Å². The lowest BCUT2D eigenvalue weighted by Crippen LogP contribution is -2.11. The van der Waals surface area contributed by atoms with Crippen LogP contribution in [0.4, 0.5) is 6.01 Å². The number of carbonyl (C=O) groups excluding carboxylic acids is 1. The Hall–Kier alpha value is -2.95. The monoisotopic (exact) mass is 293 g/mol. The van der Waals surface area contributed by atoms with E-state index >= 15 is 0 Å². The van der Waals surface area contributed by atoms with E-state index in [1.54, 1.807) is 24.3 Å². The zero-order valence-electron chi connectivity index (χ0n) is 12.3. The first-order chi connectivity index (χ1) is 10.6. The Bertz CT molecular complexity index is 790. The molecule has 5 nitrogen and oxygen atoms in total. The van der Waals surface area contributed by atoms with Crippen LogP contribution in [0.25, 0.3) is 11.5 Å².